The standard InChI is InChI=1S/C20H29NO3/c1-19-10-8-14-12(13(19)5-6-15(19)18(23)24)4-7-16-20(14,2)11-9-17(22)21(16)3/h9,11-16H,4-8,10H2,1-3H3,(H,23,24)/t12?,13?,14?,15-,16?,19+,20-/m1/s1. The molecule has 3 aliphatic carbocycles. The minimum Gasteiger partial charge on any atom is -0.481 e. The van der Waals surface area contributed by atoms with Gasteiger partial charge in [0.1, 0.15) is 0 Å². The van der Waals surface area contributed by atoms with Crippen LogP contribution in [0.3, 0.4) is 0 Å². The summed E-state index contributed by atoms with van der Waals surface area (Å²) in [6.45, 7) is 4.57. The Morgan fingerprint density at radius 1 is 1.17 bits per heavy atom. The third-order valence-electron chi connectivity index (χ3n) is 8.43. The number of hydrogen-bond donors (Lipinski definition) is 1. The molecule has 1 aliphatic heterocycles. The van der Waals surface area contributed by atoms with Crippen LogP contribution >= 0.6 is 0 Å². The molecule has 0 spiro atoms. The summed E-state index contributed by atoms with van der Waals surface area (Å²) >= 11 is 0. The summed E-state index contributed by atoms with van der Waals surface area (Å²) < 4.78 is 0. The SMILES string of the molecule is CN1C(=O)C=C[C@]2(C)C3CC[C@@]4(C)C(CC[C@@H]4C(=O)O)C3CCC12. The van der Waals surface area contributed by atoms with Gasteiger partial charge in [0, 0.05) is 18.5 Å². The summed E-state index contributed by atoms with van der Waals surface area (Å²) in [5.41, 5.74) is 0.0184. The van der Waals surface area contributed by atoms with Gasteiger partial charge in [0.25, 0.3) is 0 Å². The zero-order valence-corrected chi connectivity index (χ0v) is 15.0. The predicted molar refractivity (Wildman–Crippen MR) is 91.2 cm³/mol. The van der Waals surface area contributed by atoms with E-state index in [1.165, 1.54) is 0 Å². The van der Waals surface area contributed by atoms with Crippen LogP contribution in [0.4, 0.5) is 0 Å². The van der Waals surface area contributed by atoms with Crippen LogP contribution in [-0.4, -0.2) is 35.0 Å². The van der Waals surface area contributed by atoms with Crippen LogP contribution in [0.1, 0.15) is 52.4 Å². The molecule has 0 aromatic heterocycles. The number of carbonyl (C=O) groups is 2. The summed E-state index contributed by atoms with van der Waals surface area (Å²) in [7, 11) is 1.94. The highest BCUT2D eigenvalue weighted by molar-refractivity contribution is 5.89. The molecule has 1 amide bonds. The van der Waals surface area contributed by atoms with Crippen LogP contribution in [0.15, 0.2) is 12.2 Å². The quantitative estimate of drug-likeness (QED) is 0.802. The number of fused-ring (bicyclic) bond motifs is 5. The predicted octanol–water partition coefficient (Wildman–Crippen LogP) is 3.33. The molecular weight excluding hydrogens is 302 g/mol. The van der Waals surface area contributed by atoms with Crippen molar-refractivity contribution in [1.82, 2.24) is 4.90 Å². The molecule has 4 rings (SSSR count). The minimum atomic E-state index is -0.596. The number of amides is 1. The fourth-order valence-corrected chi connectivity index (χ4v) is 7.14. The molecule has 0 radical (unpaired) electrons. The number of aliphatic carboxylic acids is 1. The Hall–Kier alpha value is -1.32. The van der Waals surface area contributed by atoms with Gasteiger partial charge in [-0.3, -0.25) is 9.59 Å². The molecular formula is C20H29NO3. The van der Waals surface area contributed by atoms with E-state index in [1.807, 2.05) is 11.9 Å². The molecule has 4 unspecified atom stereocenters. The van der Waals surface area contributed by atoms with Crippen LogP contribution in [0.2, 0.25) is 0 Å². The fraction of sp³-hybridized carbons (Fsp3) is 0.800. The number of nitrogens with zero attached hydrogens (tertiary/aromatic N) is 1. The second-order valence-corrected chi connectivity index (χ2v) is 9.13. The van der Waals surface area contributed by atoms with Crippen molar-refractivity contribution in [3.63, 3.8) is 0 Å². The second kappa shape index (κ2) is 5.09. The van der Waals surface area contributed by atoms with Gasteiger partial charge in [-0.1, -0.05) is 19.9 Å². The lowest BCUT2D eigenvalue weighted by Gasteiger charge is -2.60. The van der Waals surface area contributed by atoms with E-state index in [4.69, 9.17) is 0 Å². The lowest BCUT2D eigenvalue weighted by Crippen LogP contribution is -2.59. The maximum absolute atomic E-state index is 12.1. The lowest BCUT2D eigenvalue weighted by atomic mass is 9.47. The van der Waals surface area contributed by atoms with E-state index in [1.54, 1.807) is 6.08 Å². The first-order valence-electron chi connectivity index (χ1n) is 9.48. The molecule has 0 saturated heterocycles. The summed E-state index contributed by atoms with van der Waals surface area (Å²) in [5.74, 6) is 1.09. The highest BCUT2D eigenvalue weighted by atomic mass is 16.4. The Kier molecular flexibility index (Phi) is 3.43. The van der Waals surface area contributed by atoms with E-state index in [2.05, 4.69) is 19.9 Å². The normalized spacial score (nSPS) is 50.2. The first-order valence-corrected chi connectivity index (χ1v) is 9.48. The van der Waals surface area contributed by atoms with Gasteiger partial charge in [0.2, 0.25) is 5.91 Å². The molecule has 0 bridgehead atoms. The van der Waals surface area contributed by atoms with Crippen LogP contribution < -0.4 is 0 Å². The van der Waals surface area contributed by atoms with E-state index in [-0.39, 0.29) is 22.7 Å². The van der Waals surface area contributed by atoms with Crippen LogP contribution in [0.5, 0.6) is 0 Å². The van der Waals surface area contributed by atoms with Crippen molar-refractivity contribution in [3.8, 4) is 0 Å². The maximum atomic E-state index is 12.1. The zero-order chi connectivity index (χ0) is 17.3. The van der Waals surface area contributed by atoms with Crippen molar-refractivity contribution in [2.75, 3.05) is 7.05 Å². The van der Waals surface area contributed by atoms with Crippen molar-refractivity contribution in [2.45, 2.75) is 58.4 Å². The van der Waals surface area contributed by atoms with Crippen LogP contribution in [0.25, 0.3) is 0 Å². The summed E-state index contributed by atoms with van der Waals surface area (Å²) in [6, 6.07) is 0.303. The smallest absolute Gasteiger partial charge is 0.307 e. The largest absolute Gasteiger partial charge is 0.481 e. The van der Waals surface area contributed by atoms with Crippen molar-refractivity contribution in [2.24, 2.45) is 34.5 Å². The highest BCUT2D eigenvalue weighted by Crippen LogP contribution is 2.65. The molecule has 1 heterocycles. The van der Waals surface area contributed by atoms with Crippen LogP contribution in [0, 0.1) is 34.5 Å². The molecule has 0 aromatic carbocycles. The van der Waals surface area contributed by atoms with E-state index in [0.717, 1.165) is 38.5 Å². The Balaban J connectivity index is 1.68. The second-order valence-electron chi connectivity index (χ2n) is 9.13. The Morgan fingerprint density at radius 2 is 1.92 bits per heavy atom. The third-order valence-corrected chi connectivity index (χ3v) is 8.43. The highest BCUT2D eigenvalue weighted by Gasteiger charge is 2.61. The van der Waals surface area contributed by atoms with Crippen molar-refractivity contribution >= 4 is 11.9 Å². The summed E-state index contributed by atoms with van der Waals surface area (Å²) in [4.78, 5) is 25.8. The minimum absolute atomic E-state index is 0.0314. The number of carbonyl (C=O) groups excluding carboxylic acids is 1. The summed E-state index contributed by atoms with van der Waals surface area (Å²) in [6.07, 6.45) is 10.2. The molecule has 3 fully saturated rings. The molecule has 1 N–H and O–H groups in total. The molecule has 3 saturated carbocycles. The van der Waals surface area contributed by atoms with Gasteiger partial charge in [-0.2, -0.15) is 0 Å². The van der Waals surface area contributed by atoms with Crippen molar-refractivity contribution in [1.29, 1.82) is 0 Å². The van der Waals surface area contributed by atoms with Crippen molar-refractivity contribution < 1.29 is 14.7 Å². The first kappa shape index (κ1) is 16.2. The number of hydrogen-bond acceptors (Lipinski definition) is 2. The fourth-order valence-electron chi connectivity index (χ4n) is 7.14. The monoisotopic (exact) mass is 331 g/mol. The number of carboxylic acid groups (broad SMARTS) is 1. The Bertz CT molecular complexity index is 614. The number of carboxylic acids is 1. The molecule has 7 atom stereocenters. The van der Waals surface area contributed by atoms with Gasteiger partial charge in [-0.05, 0) is 67.8 Å². The molecule has 0 aromatic rings. The van der Waals surface area contributed by atoms with Gasteiger partial charge < -0.3 is 10.0 Å². The number of rotatable bonds is 1. The average molecular weight is 331 g/mol. The van der Waals surface area contributed by atoms with Gasteiger partial charge in [-0.15, -0.1) is 0 Å². The third kappa shape index (κ3) is 1.91. The first-order chi connectivity index (χ1) is 11.3. The molecule has 4 heteroatoms. The average Bonchev–Trinajstić information content (AvgIpc) is 2.89. The molecule has 4 aliphatic rings. The van der Waals surface area contributed by atoms with E-state index >= 15 is 0 Å². The van der Waals surface area contributed by atoms with Crippen LogP contribution in [-0.2, 0) is 9.59 Å². The lowest BCUT2D eigenvalue weighted by molar-refractivity contribution is -0.152. The Labute approximate surface area is 144 Å². The molecule has 132 valence electrons. The number of likely N-dealkylation sites (N-methyl/N-ethyl adjacent to an activating group) is 1. The van der Waals surface area contributed by atoms with E-state index < -0.39 is 5.97 Å². The molecule has 4 nitrogen and oxygen atoms in total. The van der Waals surface area contributed by atoms with Gasteiger partial charge in [0.05, 0.1) is 5.92 Å². The van der Waals surface area contributed by atoms with Gasteiger partial charge >= 0.3 is 5.97 Å². The summed E-state index contributed by atoms with van der Waals surface area (Å²) in [5, 5.41) is 9.66. The van der Waals surface area contributed by atoms with Gasteiger partial charge in [-0.25, -0.2) is 0 Å². The van der Waals surface area contributed by atoms with E-state index in [9.17, 15) is 14.7 Å². The van der Waals surface area contributed by atoms with Gasteiger partial charge in [0.15, 0.2) is 0 Å². The Morgan fingerprint density at radius 3 is 2.62 bits per heavy atom. The van der Waals surface area contributed by atoms with Crippen molar-refractivity contribution in [3.05, 3.63) is 12.2 Å². The maximum Gasteiger partial charge on any atom is 0.307 e. The zero-order valence-electron chi connectivity index (χ0n) is 15.0. The molecule has 24 heavy (non-hydrogen) atoms. The topological polar surface area (TPSA) is 57.6 Å². The van der Waals surface area contributed by atoms with E-state index in [0.29, 0.717) is 23.8 Å².